The second kappa shape index (κ2) is 8.65. The van der Waals surface area contributed by atoms with Crippen LogP contribution in [0.1, 0.15) is 37.3 Å². The van der Waals surface area contributed by atoms with E-state index in [1.807, 2.05) is 18.3 Å². The van der Waals surface area contributed by atoms with Crippen LogP contribution in [0.5, 0.6) is 0 Å². The minimum Gasteiger partial charge on any atom is -0.356 e. The summed E-state index contributed by atoms with van der Waals surface area (Å²) in [5.41, 5.74) is 3.14. The summed E-state index contributed by atoms with van der Waals surface area (Å²) in [5.74, 6) is -0.169. The number of carbonyl (C=O) groups is 1. The van der Waals surface area contributed by atoms with Gasteiger partial charge in [0.1, 0.15) is 5.82 Å². The molecular formula is C22H25FN2O. The normalized spacial score (nSPS) is 11.0. The molecule has 0 spiro atoms. The van der Waals surface area contributed by atoms with Crippen LogP contribution in [0.3, 0.4) is 0 Å². The van der Waals surface area contributed by atoms with Crippen molar-refractivity contribution >= 4 is 16.8 Å². The summed E-state index contributed by atoms with van der Waals surface area (Å²) in [4.78, 5) is 12.3. The van der Waals surface area contributed by atoms with Gasteiger partial charge in [0.2, 0.25) is 5.91 Å². The molecule has 4 heteroatoms. The number of rotatable bonds is 8. The average molecular weight is 352 g/mol. The Morgan fingerprint density at radius 1 is 1.08 bits per heavy atom. The van der Waals surface area contributed by atoms with Crippen LogP contribution in [0.2, 0.25) is 0 Å². The molecule has 26 heavy (non-hydrogen) atoms. The first kappa shape index (κ1) is 18.2. The fourth-order valence-corrected chi connectivity index (χ4v) is 3.22. The van der Waals surface area contributed by atoms with Crippen LogP contribution in [0, 0.1) is 5.82 Å². The summed E-state index contributed by atoms with van der Waals surface area (Å²) in [6.07, 6.45) is 5.72. The summed E-state index contributed by atoms with van der Waals surface area (Å²) in [5, 5.41) is 4.10. The molecule has 1 amide bonds. The maximum atomic E-state index is 13.1. The molecule has 3 aromatic rings. The van der Waals surface area contributed by atoms with Crippen molar-refractivity contribution in [2.45, 2.75) is 39.2 Å². The van der Waals surface area contributed by atoms with Crippen molar-refractivity contribution in [1.82, 2.24) is 9.88 Å². The Bertz CT molecular complexity index is 867. The molecule has 3 rings (SSSR count). The molecular weight excluding hydrogens is 327 g/mol. The number of nitrogens with zero attached hydrogens (tertiary/aromatic N) is 1. The zero-order valence-electron chi connectivity index (χ0n) is 15.2. The lowest BCUT2D eigenvalue weighted by molar-refractivity contribution is -0.120. The number of carbonyl (C=O) groups excluding carboxylic acids is 1. The van der Waals surface area contributed by atoms with Gasteiger partial charge < -0.3 is 9.88 Å². The highest BCUT2D eigenvalue weighted by Crippen LogP contribution is 2.23. The number of amides is 1. The molecule has 0 fully saturated rings. The molecule has 0 aliphatic carbocycles. The molecule has 0 atom stereocenters. The Kier molecular flexibility index (Phi) is 6.05. The third-order valence-corrected chi connectivity index (χ3v) is 4.59. The van der Waals surface area contributed by atoms with Crippen molar-refractivity contribution in [3.63, 3.8) is 0 Å². The van der Waals surface area contributed by atoms with Gasteiger partial charge in [-0.05, 0) is 35.7 Å². The molecule has 2 aromatic carbocycles. The van der Waals surface area contributed by atoms with E-state index < -0.39 is 0 Å². The largest absolute Gasteiger partial charge is 0.356 e. The lowest BCUT2D eigenvalue weighted by atomic mass is 10.1. The minimum absolute atomic E-state index is 0.0609. The number of hydrogen-bond acceptors (Lipinski definition) is 1. The van der Waals surface area contributed by atoms with Crippen molar-refractivity contribution in [2.75, 3.05) is 6.54 Å². The van der Waals surface area contributed by atoms with E-state index in [9.17, 15) is 9.18 Å². The molecule has 1 N–H and O–H groups in total. The molecule has 0 aliphatic heterocycles. The second-order valence-electron chi connectivity index (χ2n) is 6.66. The van der Waals surface area contributed by atoms with Gasteiger partial charge in [0.15, 0.2) is 0 Å². The Morgan fingerprint density at radius 2 is 1.85 bits per heavy atom. The smallest absolute Gasteiger partial charge is 0.224 e. The summed E-state index contributed by atoms with van der Waals surface area (Å²) >= 11 is 0. The molecule has 136 valence electrons. The van der Waals surface area contributed by atoms with E-state index >= 15 is 0 Å². The summed E-state index contributed by atoms with van der Waals surface area (Å²) in [6.45, 7) is 3.54. The third-order valence-electron chi connectivity index (χ3n) is 4.59. The minimum atomic E-state index is -0.230. The van der Waals surface area contributed by atoms with Gasteiger partial charge in [0, 0.05) is 30.2 Å². The van der Waals surface area contributed by atoms with E-state index in [2.05, 4.69) is 28.9 Å². The van der Waals surface area contributed by atoms with Crippen molar-refractivity contribution in [1.29, 1.82) is 0 Å². The Hall–Kier alpha value is -2.62. The predicted molar refractivity (Wildman–Crippen MR) is 104 cm³/mol. The number of benzene rings is 2. The zero-order valence-corrected chi connectivity index (χ0v) is 15.2. The Morgan fingerprint density at radius 3 is 2.62 bits per heavy atom. The lowest BCUT2D eigenvalue weighted by Gasteiger charge is -2.05. The summed E-state index contributed by atoms with van der Waals surface area (Å²) in [6, 6.07) is 14.6. The van der Waals surface area contributed by atoms with E-state index in [4.69, 9.17) is 0 Å². The zero-order chi connectivity index (χ0) is 18.4. The average Bonchev–Trinajstić information content (AvgIpc) is 2.98. The Balaban J connectivity index is 1.76. The molecule has 1 aromatic heterocycles. The van der Waals surface area contributed by atoms with E-state index in [1.165, 1.54) is 12.1 Å². The van der Waals surface area contributed by atoms with Gasteiger partial charge in [-0.15, -0.1) is 0 Å². The first-order valence-electron chi connectivity index (χ1n) is 9.25. The van der Waals surface area contributed by atoms with Gasteiger partial charge in [-0.1, -0.05) is 50.1 Å². The Labute approximate surface area is 153 Å². The number of fused-ring (bicyclic) bond motifs is 1. The van der Waals surface area contributed by atoms with E-state index in [0.29, 0.717) is 13.0 Å². The number of aromatic nitrogens is 1. The molecule has 3 nitrogen and oxygen atoms in total. The maximum absolute atomic E-state index is 13.1. The van der Waals surface area contributed by atoms with Gasteiger partial charge in [0.05, 0.1) is 6.42 Å². The highest BCUT2D eigenvalue weighted by molar-refractivity contribution is 5.89. The van der Waals surface area contributed by atoms with Crippen LogP contribution < -0.4 is 5.32 Å². The van der Waals surface area contributed by atoms with Crippen molar-refractivity contribution in [3.8, 4) is 0 Å². The van der Waals surface area contributed by atoms with Crippen molar-refractivity contribution in [2.24, 2.45) is 0 Å². The fraction of sp³-hybridized carbons (Fsp3) is 0.318. The van der Waals surface area contributed by atoms with Crippen LogP contribution in [0.25, 0.3) is 10.9 Å². The monoisotopic (exact) mass is 352 g/mol. The number of halogens is 1. The molecule has 1 heterocycles. The maximum Gasteiger partial charge on any atom is 0.224 e. The van der Waals surface area contributed by atoms with Gasteiger partial charge in [-0.2, -0.15) is 0 Å². The van der Waals surface area contributed by atoms with Crippen molar-refractivity contribution < 1.29 is 9.18 Å². The van der Waals surface area contributed by atoms with Crippen molar-refractivity contribution in [3.05, 3.63) is 71.7 Å². The fourth-order valence-electron chi connectivity index (χ4n) is 3.22. The molecule has 0 radical (unpaired) electrons. The second-order valence-corrected chi connectivity index (χ2v) is 6.66. The lowest BCUT2D eigenvalue weighted by Crippen LogP contribution is -2.26. The topological polar surface area (TPSA) is 34.0 Å². The molecule has 0 saturated carbocycles. The first-order chi connectivity index (χ1) is 12.7. The molecule has 0 bridgehead atoms. The quantitative estimate of drug-likeness (QED) is 0.587. The highest BCUT2D eigenvalue weighted by Gasteiger charge is 2.12. The number of hydrogen-bond donors (Lipinski definition) is 1. The van der Waals surface area contributed by atoms with Crippen LogP contribution in [0.4, 0.5) is 4.39 Å². The van der Waals surface area contributed by atoms with E-state index in [-0.39, 0.29) is 11.7 Å². The third kappa shape index (κ3) is 4.51. The van der Waals surface area contributed by atoms with E-state index in [1.54, 1.807) is 12.1 Å². The van der Waals surface area contributed by atoms with Crippen LogP contribution in [-0.2, 0) is 17.8 Å². The summed E-state index contributed by atoms with van der Waals surface area (Å²) < 4.78 is 15.3. The standard InChI is InChI=1S/C22H25FN2O/c1-2-3-6-13-24-22(26)14-18-16-25(21-8-5-4-7-20(18)21)15-17-9-11-19(23)12-10-17/h4-5,7-12,16H,2-3,6,13-15H2,1H3,(H,24,26). The van der Waals surface area contributed by atoms with Gasteiger partial charge >= 0.3 is 0 Å². The van der Waals surface area contributed by atoms with Gasteiger partial charge in [0.25, 0.3) is 0 Å². The number of para-hydroxylation sites is 1. The highest BCUT2D eigenvalue weighted by atomic mass is 19.1. The SMILES string of the molecule is CCCCCNC(=O)Cc1cn(Cc2ccc(F)cc2)c2ccccc12. The van der Waals surface area contributed by atoms with Gasteiger partial charge in [-0.3, -0.25) is 4.79 Å². The van der Waals surface area contributed by atoms with Crippen LogP contribution in [-0.4, -0.2) is 17.0 Å². The first-order valence-corrected chi connectivity index (χ1v) is 9.25. The molecule has 0 saturated heterocycles. The summed E-state index contributed by atoms with van der Waals surface area (Å²) in [7, 11) is 0. The van der Waals surface area contributed by atoms with Gasteiger partial charge in [-0.25, -0.2) is 4.39 Å². The number of unbranched alkanes of at least 4 members (excludes halogenated alkanes) is 2. The van der Waals surface area contributed by atoms with Crippen LogP contribution in [0.15, 0.2) is 54.7 Å². The molecule has 0 unspecified atom stereocenters. The van der Waals surface area contributed by atoms with E-state index in [0.717, 1.165) is 47.8 Å². The number of nitrogens with one attached hydrogen (secondary N) is 1. The van der Waals surface area contributed by atoms with Crippen LogP contribution >= 0.6 is 0 Å². The molecule has 0 aliphatic rings. The predicted octanol–water partition coefficient (Wildman–Crippen LogP) is 4.68.